The predicted octanol–water partition coefficient (Wildman–Crippen LogP) is 4.94. The lowest BCUT2D eigenvalue weighted by molar-refractivity contribution is 0.375. The van der Waals surface area contributed by atoms with Crippen LogP contribution in [0.4, 0.5) is 10.1 Å². The molecule has 2 aromatic carbocycles. The Hall–Kier alpha value is -2.47. The average Bonchev–Trinajstić information content (AvgIpc) is 2.82. The highest BCUT2D eigenvalue weighted by molar-refractivity contribution is 7.98. The summed E-state index contributed by atoms with van der Waals surface area (Å²) >= 11 is 1.41. The minimum Gasteiger partial charge on any atom is -0.493 e. The third-order valence-electron chi connectivity index (χ3n) is 7.46. The SMILES string of the molecule is BN(B(C)Cc1ccccc1)c1cc(C)c(C)c(C2Cc3nc(SC)nc(O)c3CC2C)c1F. The Morgan fingerprint density at radius 1 is 1.21 bits per heavy atom. The first kappa shape index (κ1) is 24.6. The molecule has 0 spiro atoms. The van der Waals surface area contributed by atoms with E-state index in [1.54, 1.807) is 0 Å². The molecule has 4 nitrogen and oxygen atoms in total. The number of aromatic hydroxyl groups is 1. The maximum Gasteiger partial charge on any atom is 0.242 e. The molecule has 2 atom stereocenters. The van der Waals surface area contributed by atoms with Gasteiger partial charge in [-0.2, -0.15) is 4.98 Å². The topological polar surface area (TPSA) is 49.2 Å². The smallest absolute Gasteiger partial charge is 0.242 e. The van der Waals surface area contributed by atoms with Gasteiger partial charge >= 0.3 is 0 Å². The number of hydrogen-bond donors (Lipinski definition) is 1. The molecule has 4 rings (SSSR count). The van der Waals surface area contributed by atoms with Crippen molar-refractivity contribution in [3.8, 4) is 5.88 Å². The van der Waals surface area contributed by atoms with Crippen molar-refractivity contribution in [1.29, 1.82) is 0 Å². The Morgan fingerprint density at radius 2 is 1.91 bits per heavy atom. The summed E-state index contributed by atoms with van der Waals surface area (Å²) in [7, 11) is 1.99. The molecule has 176 valence electrons. The van der Waals surface area contributed by atoms with E-state index >= 15 is 4.39 Å². The first-order chi connectivity index (χ1) is 16.2. The Morgan fingerprint density at radius 3 is 2.59 bits per heavy atom. The van der Waals surface area contributed by atoms with Crippen molar-refractivity contribution in [3.63, 3.8) is 0 Å². The van der Waals surface area contributed by atoms with Crippen LogP contribution in [0, 0.1) is 25.6 Å². The van der Waals surface area contributed by atoms with Crippen molar-refractivity contribution in [3.05, 3.63) is 75.7 Å². The molecule has 1 N–H and O–H groups in total. The zero-order chi connectivity index (χ0) is 24.6. The molecule has 1 heterocycles. The lowest BCUT2D eigenvalue weighted by Crippen LogP contribution is -2.38. The summed E-state index contributed by atoms with van der Waals surface area (Å²) in [4.78, 5) is 8.88. The van der Waals surface area contributed by atoms with E-state index in [4.69, 9.17) is 0 Å². The van der Waals surface area contributed by atoms with Crippen molar-refractivity contribution < 1.29 is 9.50 Å². The quantitative estimate of drug-likeness (QED) is 0.311. The fraction of sp³-hybridized carbons (Fsp3) is 0.385. The van der Waals surface area contributed by atoms with Crippen molar-refractivity contribution in [2.75, 3.05) is 11.0 Å². The maximum absolute atomic E-state index is 16.3. The molecule has 2 unspecified atom stereocenters. The second-order valence-electron chi connectivity index (χ2n) is 9.67. The normalized spacial score (nSPS) is 17.4. The Labute approximate surface area is 207 Å². The summed E-state index contributed by atoms with van der Waals surface area (Å²) in [6.45, 7) is 8.52. The zero-order valence-electron chi connectivity index (χ0n) is 20.9. The number of fused-ring (bicyclic) bond motifs is 1. The molecule has 1 aliphatic carbocycles. The zero-order valence-corrected chi connectivity index (χ0v) is 21.7. The van der Waals surface area contributed by atoms with Gasteiger partial charge in [0.05, 0.1) is 5.69 Å². The summed E-state index contributed by atoms with van der Waals surface area (Å²) in [5.41, 5.74) is 6.43. The number of aromatic nitrogens is 2. The first-order valence-corrected chi connectivity index (χ1v) is 13.1. The molecule has 1 aliphatic rings. The molecule has 0 saturated heterocycles. The van der Waals surface area contributed by atoms with Crippen LogP contribution in [-0.2, 0) is 19.2 Å². The van der Waals surface area contributed by atoms with Crippen LogP contribution in [0.1, 0.15) is 46.4 Å². The number of anilines is 1. The van der Waals surface area contributed by atoms with Crippen LogP contribution < -0.4 is 4.72 Å². The largest absolute Gasteiger partial charge is 0.493 e. The third kappa shape index (κ3) is 4.70. The van der Waals surface area contributed by atoms with Gasteiger partial charge in [0.25, 0.3) is 0 Å². The number of aryl methyl sites for hydroxylation is 1. The molecular weight excluding hydrogens is 443 g/mol. The van der Waals surface area contributed by atoms with Crippen molar-refractivity contribution in [2.24, 2.45) is 5.92 Å². The molecule has 8 heteroatoms. The Bertz CT molecular complexity index is 1190. The van der Waals surface area contributed by atoms with E-state index in [1.807, 2.05) is 45.4 Å². The van der Waals surface area contributed by atoms with Crippen LogP contribution in [0.3, 0.4) is 0 Å². The van der Waals surface area contributed by atoms with Gasteiger partial charge in [0.2, 0.25) is 20.7 Å². The number of nitrogens with zero attached hydrogens (tertiary/aromatic N) is 3. The number of rotatable bonds is 6. The van der Waals surface area contributed by atoms with Gasteiger partial charge in [0, 0.05) is 11.3 Å². The summed E-state index contributed by atoms with van der Waals surface area (Å²) in [5.74, 6) is 0.0930. The summed E-state index contributed by atoms with van der Waals surface area (Å²) < 4.78 is 18.4. The minimum absolute atomic E-state index is 0.00649. The highest BCUT2D eigenvalue weighted by Gasteiger charge is 2.34. The predicted molar refractivity (Wildman–Crippen MR) is 143 cm³/mol. The summed E-state index contributed by atoms with van der Waals surface area (Å²) in [6, 6.07) is 12.3. The van der Waals surface area contributed by atoms with Gasteiger partial charge in [0.1, 0.15) is 5.82 Å². The summed E-state index contributed by atoms with van der Waals surface area (Å²) in [6.07, 6.45) is 3.99. The number of halogens is 1. The van der Waals surface area contributed by atoms with Gasteiger partial charge in [-0.1, -0.05) is 61.4 Å². The van der Waals surface area contributed by atoms with E-state index in [-0.39, 0.29) is 30.4 Å². The molecule has 0 fully saturated rings. The van der Waals surface area contributed by atoms with Crippen LogP contribution in [-0.4, -0.2) is 36.2 Å². The first-order valence-electron chi connectivity index (χ1n) is 11.9. The molecule has 0 radical (unpaired) electrons. The Balaban J connectivity index is 1.71. The molecule has 0 amide bonds. The highest BCUT2D eigenvalue weighted by atomic mass is 32.2. The monoisotopic (exact) mass is 475 g/mol. The molecule has 0 bridgehead atoms. The van der Waals surface area contributed by atoms with Crippen molar-refractivity contribution >= 4 is 32.3 Å². The highest BCUT2D eigenvalue weighted by Crippen LogP contribution is 2.43. The van der Waals surface area contributed by atoms with E-state index in [9.17, 15) is 5.11 Å². The second-order valence-corrected chi connectivity index (χ2v) is 10.4. The van der Waals surface area contributed by atoms with Crippen LogP contribution in [0.25, 0.3) is 0 Å². The van der Waals surface area contributed by atoms with Crippen LogP contribution in [0.2, 0.25) is 6.82 Å². The van der Waals surface area contributed by atoms with Gasteiger partial charge in [-0.15, -0.1) is 0 Å². The molecule has 34 heavy (non-hydrogen) atoms. The van der Waals surface area contributed by atoms with Gasteiger partial charge in [-0.05, 0) is 73.9 Å². The van der Waals surface area contributed by atoms with Crippen LogP contribution in [0.5, 0.6) is 5.88 Å². The van der Waals surface area contributed by atoms with E-state index in [1.165, 1.54) is 17.3 Å². The van der Waals surface area contributed by atoms with Gasteiger partial charge in [0.15, 0.2) is 5.16 Å². The van der Waals surface area contributed by atoms with E-state index in [0.29, 0.717) is 23.7 Å². The maximum atomic E-state index is 16.3. The second kappa shape index (κ2) is 10.0. The fourth-order valence-electron chi connectivity index (χ4n) is 5.14. The number of hydrogen-bond acceptors (Lipinski definition) is 5. The fourth-order valence-corrected chi connectivity index (χ4v) is 5.52. The molecule has 0 aliphatic heterocycles. The van der Waals surface area contributed by atoms with Gasteiger partial charge in [-0.3, -0.25) is 0 Å². The molecule has 3 aromatic rings. The van der Waals surface area contributed by atoms with E-state index in [2.05, 4.69) is 47.5 Å². The summed E-state index contributed by atoms with van der Waals surface area (Å²) in [5, 5.41) is 11.0. The van der Waals surface area contributed by atoms with Gasteiger partial charge in [-0.25, -0.2) is 9.37 Å². The Kier molecular flexibility index (Phi) is 7.27. The van der Waals surface area contributed by atoms with Crippen molar-refractivity contribution in [1.82, 2.24) is 9.97 Å². The average molecular weight is 475 g/mol. The van der Waals surface area contributed by atoms with Crippen molar-refractivity contribution in [2.45, 2.75) is 57.8 Å². The van der Waals surface area contributed by atoms with E-state index < -0.39 is 0 Å². The van der Waals surface area contributed by atoms with Crippen LogP contribution >= 0.6 is 11.8 Å². The molecule has 0 saturated carbocycles. The minimum atomic E-state index is -0.130. The number of thioether (sulfide) groups is 1. The number of benzene rings is 2. The molecular formula is C26H32B2FN3OS. The standard InChI is InChI=1S/C26H32B2FN3OS/c1-15-12-22(32(27)28(4)14-18-9-7-6-8-10-18)24(29)23(17(15)3)19-13-21-20(11-16(19)2)25(33)31-26(30-21)34-5/h6-10,12,16,19H,11,13-14,27H2,1-5H3,(H,30,31,33). The third-order valence-corrected chi connectivity index (χ3v) is 8.00. The van der Waals surface area contributed by atoms with Crippen LogP contribution in [0.15, 0.2) is 41.6 Å². The van der Waals surface area contributed by atoms with E-state index in [0.717, 1.165) is 34.3 Å². The van der Waals surface area contributed by atoms with Gasteiger partial charge < -0.3 is 9.83 Å². The lowest BCUT2D eigenvalue weighted by atomic mass is 9.56. The molecule has 1 aromatic heterocycles. The lowest BCUT2D eigenvalue weighted by Gasteiger charge is -2.34.